The van der Waals surface area contributed by atoms with Gasteiger partial charge in [-0.2, -0.15) is 24.3 Å². The van der Waals surface area contributed by atoms with Gasteiger partial charge in [0.05, 0.1) is 0 Å². The Morgan fingerprint density at radius 3 is 2.33 bits per heavy atom. The van der Waals surface area contributed by atoms with Gasteiger partial charge in [-0.3, -0.25) is 0 Å². The predicted octanol–water partition coefficient (Wildman–Crippen LogP) is -0.719. The van der Waals surface area contributed by atoms with E-state index >= 15 is 0 Å². The van der Waals surface area contributed by atoms with Crippen LogP contribution in [0.2, 0.25) is 0 Å². The molecule has 0 aliphatic rings. The Morgan fingerprint density at radius 1 is 1.00 bits per heavy atom. The van der Waals surface area contributed by atoms with Crippen LogP contribution in [0.25, 0.3) is 5.69 Å². The van der Waals surface area contributed by atoms with E-state index in [0.717, 1.165) is 5.69 Å². The number of nitrogens with zero attached hydrogens (tertiary/aromatic N) is 1. The van der Waals surface area contributed by atoms with Crippen LogP contribution in [0.4, 0.5) is 0 Å². The fourth-order valence-corrected chi connectivity index (χ4v) is 1.04. The van der Waals surface area contributed by atoms with E-state index in [1.54, 1.807) is 0 Å². The molecule has 12 heavy (non-hydrogen) atoms. The second kappa shape index (κ2) is 4.21. The number of para-hydroxylation sites is 1. The third-order valence-corrected chi connectivity index (χ3v) is 1.58. The minimum absolute atomic E-state index is 0. The molecule has 54 valence electrons. The van der Waals surface area contributed by atoms with Crippen LogP contribution >= 0.6 is 0 Å². The summed E-state index contributed by atoms with van der Waals surface area (Å²) in [5.41, 5.74) is 1.08. The van der Waals surface area contributed by atoms with Crippen LogP contribution in [0, 0.1) is 6.07 Å². The molecule has 0 saturated heterocycles. The van der Waals surface area contributed by atoms with Crippen molar-refractivity contribution < 1.29 is 18.9 Å². The molecule has 0 aliphatic heterocycles. The van der Waals surface area contributed by atoms with Crippen molar-refractivity contribution in [2.75, 3.05) is 0 Å². The summed E-state index contributed by atoms with van der Waals surface area (Å²) in [5, 5.41) is 0. The van der Waals surface area contributed by atoms with E-state index in [4.69, 9.17) is 0 Å². The van der Waals surface area contributed by atoms with Gasteiger partial charge in [-0.15, -0.1) is 6.07 Å². The fourth-order valence-electron chi connectivity index (χ4n) is 1.04. The van der Waals surface area contributed by atoms with Gasteiger partial charge in [0.15, 0.2) is 0 Å². The molecule has 0 aliphatic carbocycles. The van der Waals surface area contributed by atoms with Crippen molar-refractivity contribution in [3.63, 3.8) is 0 Å². The van der Waals surface area contributed by atoms with E-state index < -0.39 is 0 Å². The molecule has 2 rings (SSSR count). The van der Waals surface area contributed by atoms with Crippen molar-refractivity contribution in [3.05, 3.63) is 54.9 Å². The van der Waals surface area contributed by atoms with Crippen LogP contribution in [-0.2, 0) is 0 Å². The summed E-state index contributed by atoms with van der Waals surface area (Å²) in [5.74, 6) is 0. The van der Waals surface area contributed by atoms with Crippen molar-refractivity contribution in [2.45, 2.75) is 0 Å². The van der Waals surface area contributed by atoms with Gasteiger partial charge in [-0.05, 0) is 12.1 Å². The maximum Gasteiger partial charge on any atom is 1.00 e. The number of benzene rings is 1. The molecule has 1 heterocycles. The first-order valence-electron chi connectivity index (χ1n) is 3.57. The summed E-state index contributed by atoms with van der Waals surface area (Å²) < 4.78 is 2.03. The van der Waals surface area contributed by atoms with E-state index in [1.807, 2.05) is 53.4 Å². The van der Waals surface area contributed by atoms with Crippen LogP contribution in [0.1, 0.15) is 0 Å². The number of rotatable bonds is 1. The topological polar surface area (TPSA) is 4.93 Å². The second-order valence-corrected chi connectivity index (χ2v) is 2.34. The SMILES string of the molecule is [Li+].[c-]1ccccc1-n1cccc1. The van der Waals surface area contributed by atoms with Crippen molar-refractivity contribution in [1.29, 1.82) is 0 Å². The van der Waals surface area contributed by atoms with Gasteiger partial charge < -0.3 is 4.57 Å². The maximum absolute atomic E-state index is 3.13. The van der Waals surface area contributed by atoms with Gasteiger partial charge in [0, 0.05) is 12.4 Å². The minimum atomic E-state index is 0. The molecule has 1 nitrogen and oxygen atoms in total. The Morgan fingerprint density at radius 2 is 1.75 bits per heavy atom. The Kier molecular flexibility index (Phi) is 3.22. The normalized spacial score (nSPS) is 9.00. The molecule has 0 unspecified atom stereocenters. The third-order valence-electron chi connectivity index (χ3n) is 1.58. The smallest absolute Gasteiger partial charge is 0.348 e. The molecule has 0 fully saturated rings. The van der Waals surface area contributed by atoms with E-state index in [1.165, 1.54) is 0 Å². The Labute approximate surface area is 84.2 Å². The first-order valence-corrected chi connectivity index (χ1v) is 3.57. The molecule has 1 aromatic heterocycles. The van der Waals surface area contributed by atoms with E-state index in [-0.39, 0.29) is 18.9 Å². The zero-order chi connectivity index (χ0) is 7.52. The third kappa shape index (κ3) is 1.82. The maximum atomic E-state index is 3.13. The van der Waals surface area contributed by atoms with E-state index in [2.05, 4.69) is 6.07 Å². The van der Waals surface area contributed by atoms with Gasteiger partial charge in [0.25, 0.3) is 0 Å². The molecule has 0 amide bonds. The van der Waals surface area contributed by atoms with Crippen LogP contribution in [0.15, 0.2) is 48.8 Å². The Bertz CT molecular complexity index is 313. The molecule has 0 radical (unpaired) electrons. The minimum Gasteiger partial charge on any atom is -0.348 e. The first kappa shape index (κ1) is 9.19. The molecule has 2 aromatic rings. The van der Waals surface area contributed by atoms with E-state index in [0.29, 0.717) is 0 Å². The molecule has 1 aromatic carbocycles. The summed E-state index contributed by atoms with van der Waals surface area (Å²) in [4.78, 5) is 0. The van der Waals surface area contributed by atoms with Gasteiger partial charge in [-0.25, -0.2) is 0 Å². The monoisotopic (exact) mass is 149 g/mol. The van der Waals surface area contributed by atoms with Crippen molar-refractivity contribution >= 4 is 0 Å². The molecular weight excluding hydrogens is 141 g/mol. The number of hydrogen-bond acceptors (Lipinski definition) is 0. The van der Waals surface area contributed by atoms with Crippen LogP contribution in [0.3, 0.4) is 0 Å². The molecule has 2 heteroatoms. The zero-order valence-corrected chi connectivity index (χ0v) is 7.07. The van der Waals surface area contributed by atoms with Crippen LogP contribution in [-0.4, -0.2) is 4.57 Å². The van der Waals surface area contributed by atoms with Crippen LogP contribution < -0.4 is 18.9 Å². The van der Waals surface area contributed by atoms with Crippen molar-refractivity contribution in [2.24, 2.45) is 0 Å². The first-order chi connectivity index (χ1) is 5.47. The molecule has 0 atom stereocenters. The van der Waals surface area contributed by atoms with Crippen molar-refractivity contribution in [3.8, 4) is 5.69 Å². The van der Waals surface area contributed by atoms with Gasteiger partial charge in [0.2, 0.25) is 0 Å². The summed E-state index contributed by atoms with van der Waals surface area (Å²) in [7, 11) is 0. The Hall–Kier alpha value is -0.903. The summed E-state index contributed by atoms with van der Waals surface area (Å²) >= 11 is 0. The average molecular weight is 149 g/mol. The number of aromatic nitrogens is 1. The Balaban J connectivity index is 0.000000720. The second-order valence-electron chi connectivity index (χ2n) is 2.34. The summed E-state index contributed by atoms with van der Waals surface area (Å²) in [6, 6.07) is 15.0. The van der Waals surface area contributed by atoms with Crippen molar-refractivity contribution in [1.82, 2.24) is 4.57 Å². The van der Waals surface area contributed by atoms with E-state index in [9.17, 15) is 0 Å². The molecule has 0 N–H and O–H groups in total. The van der Waals surface area contributed by atoms with Gasteiger partial charge >= 0.3 is 18.9 Å². The molecule has 0 spiro atoms. The predicted molar refractivity (Wildman–Crippen MR) is 44.6 cm³/mol. The fraction of sp³-hybridized carbons (Fsp3) is 0. The number of hydrogen-bond donors (Lipinski definition) is 0. The standard InChI is InChI=1S/C10H8N.Li/c1-2-6-10(7-3-1)11-8-4-5-9-11;/h1-6,8-9H;/q-1;+1. The zero-order valence-electron chi connectivity index (χ0n) is 7.07. The largest absolute Gasteiger partial charge is 1.00 e. The average Bonchev–Trinajstić information content (AvgIpc) is 2.58. The summed E-state index contributed by atoms with van der Waals surface area (Å²) in [6.45, 7) is 0. The molecule has 0 saturated carbocycles. The van der Waals surface area contributed by atoms with Gasteiger partial charge in [-0.1, -0.05) is 5.69 Å². The van der Waals surface area contributed by atoms with Crippen LogP contribution in [0.5, 0.6) is 0 Å². The van der Waals surface area contributed by atoms with Gasteiger partial charge in [0.1, 0.15) is 0 Å². The summed E-state index contributed by atoms with van der Waals surface area (Å²) in [6.07, 6.45) is 4.01. The molecule has 0 bridgehead atoms. The molecular formula is C10H8LiN. The quantitative estimate of drug-likeness (QED) is 0.372.